The number of rotatable bonds is 12. The van der Waals surface area contributed by atoms with Crippen molar-refractivity contribution < 1.29 is 62.1 Å². The van der Waals surface area contributed by atoms with Crippen molar-refractivity contribution in [3.63, 3.8) is 0 Å². The third kappa shape index (κ3) is 8.14. The Balaban J connectivity index is 1.60. The molecule has 4 rings (SSSR count). The molecule has 0 saturated carbocycles. The largest absolute Gasteiger partial charge is 0.481 e. The zero-order valence-electron chi connectivity index (χ0n) is 27.5. The van der Waals surface area contributed by atoms with Crippen LogP contribution in [-0.4, -0.2) is 127 Å². The highest BCUT2D eigenvalue weighted by Gasteiger charge is 2.59. The molecule has 15 nitrogen and oxygen atoms in total. The number of fused-ring (bicyclic) bond motifs is 2. The molecule has 0 bridgehead atoms. The highest BCUT2D eigenvalue weighted by molar-refractivity contribution is 5.79. The second kappa shape index (κ2) is 13.4. The number of ether oxygens (including phenoxy) is 9. The maximum absolute atomic E-state index is 13.8. The Morgan fingerprint density at radius 3 is 1.89 bits per heavy atom. The number of aliphatic carboxylic acids is 1. The Kier molecular flexibility index (Phi) is 10.6. The SMILES string of the molecule is C=CCN(C(=O)OC(C)(C)C)[C@@H](CC(=O)N[C@@H](CC(=O)O)[C@H]1O[C@@H]2OC(C)(C)O[C@@H]2[C@H]1OC)[C@H]1O[C@@H]2OC(C)(C)O[C@@H]2[C@H]1OC. The van der Waals surface area contributed by atoms with Gasteiger partial charge in [-0.2, -0.15) is 0 Å². The first-order valence-corrected chi connectivity index (χ1v) is 15.1. The second-order valence-electron chi connectivity index (χ2n) is 13.5. The van der Waals surface area contributed by atoms with E-state index in [1.165, 1.54) is 25.2 Å². The lowest BCUT2D eigenvalue weighted by Crippen LogP contribution is -2.56. The van der Waals surface area contributed by atoms with Gasteiger partial charge in [0.1, 0.15) is 42.2 Å². The van der Waals surface area contributed by atoms with E-state index in [0.717, 1.165) is 0 Å². The molecule has 0 aromatic heterocycles. The molecule has 256 valence electrons. The van der Waals surface area contributed by atoms with Crippen LogP contribution in [0.15, 0.2) is 12.7 Å². The fraction of sp³-hybridized carbons (Fsp3) is 0.833. The van der Waals surface area contributed by atoms with Gasteiger partial charge in [0.25, 0.3) is 0 Å². The zero-order valence-corrected chi connectivity index (χ0v) is 27.5. The number of amides is 2. The van der Waals surface area contributed by atoms with Gasteiger partial charge in [-0.1, -0.05) is 6.08 Å². The average molecular weight is 645 g/mol. The Morgan fingerprint density at radius 1 is 0.911 bits per heavy atom. The molecular weight excluding hydrogens is 596 g/mol. The third-order valence-corrected chi connectivity index (χ3v) is 7.86. The minimum Gasteiger partial charge on any atom is -0.481 e. The second-order valence-corrected chi connectivity index (χ2v) is 13.5. The molecule has 0 spiro atoms. The summed E-state index contributed by atoms with van der Waals surface area (Å²) in [7, 11) is 2.93. The van der Waals surface area contributed by atoms with Crippen LogP contribution >= 0.6 is 0 Å². The maximum Gasteiger partial charge on any atom is 0.410 e. The minimum atomic E-state index is -1.17. The first-order valence-electron chi connectivity index (χ1n) is 15.1. The Hall–Kier alpha value is -2.37. The summed E-state index contributed by atoms with van der Waals surface area (Å²) < 4.78 is 53.2. The fourth-order valence-electron chi connectivity index (χ4n) is 6.28. The topological polar surface area (TPSA) is 170 Å². The van der Waals surface area contributed by atoms with Crippen molar-refractivity contribution in [1.29, 1.82) is 0 Å². The van der Waals surface area contributed by atoms with Gasteiger partial charge in [-0.15, -0.1) is 6.58 Å². The van der Waals surface area contributed by atoms with Gasteiger partial charge in [-0.05, 0) is 48.5 Å². The number of methoxy groups -OCH3 is 2. The lowest BCUT2D eigenvalue weighted by atomic mass is 9.97. The van der Waals surface area contributed by atoms with Crippen LogP contribution in [0.5, 0.6) is 0 Å². The molecule has 0 unspecified atom stereocenters. The number of hydrogen-bond donors (Lipinski definition) is 2. The molecular formula is C30H48N2O13. The summed E-state index contributed by atoms with van der Waals surface area (Å²) >= 11 is 0. The molecule has 15 heteroatoms. The summed E-state index contributed by atoms with van der Waals surface area (Å²) in [6.07, 6.45) is -6.17. The number of carbonyl (C=O) groups is 3. The molecule has 4 saturated heterocycles. The first-order chi connectivity index (χ1) is 20.9. The van der Waals surface area contributed by atoms with Crippen LogP contribution in [0.4, 0.5) is 4.79 Å². The van der Waals surface area contributed by atoms with Crippen molar-refractivity contribution >= 4 is 18.0 Å². The van der Waals surface area contributed by atoms with Crippen molar-refractivity contribution in [2.45, 2.75) is 140 Å². The van der Waals surface area contributed by atoms with E-state index in [0.29, 0.717) is 0 Å². The molecule has 0 aromatic carbocycles. The van der Waals surface area contributed by atoms with E-state index in [1.807, 2.05) is 0 Å². The molecule has 45 heavy (non-hydrogen) atoms. The van der Waals surface area contributed by atoms with Gasteiger partial charge in [-0.25, -0.2) is 4.79 Å². The summed E-state index contributed by atoms with van der Waals surface area (Å²) in [6.45, 7) is 15.9. The van der Waals surface area contributed by atoms with Gasteiger partial charge in [0, 0.05) is 27.2 Å². The molecule has 4 aliphatic rings. The Bertz CT molecular complexity index is 1110. The van der Waals surface area contributed by atoms with E-state index in [9.17, 15) is 19.5 Å². The highest BCUT2D eigenvalue weighted by Crippen LogP contribution is 2.42. The van der Waals surface area contributed by atoms with E-state index in [-0.39, 0.29) is 13.0 Å². The first kappa shape index (κ1) is 35.5. The normalized spacial score (nSPS) is 34.4. The molecule has 4 fully saturated rings. The molecule has 0 aromatic rings. The fourth-order valence-corrected chi connectivity index (χ4v) is 6.28. The molecule has 0 aliphatic carbocycles. The van der Waals surface area contributed by atoms with Gasteiger partial charge < -0.3 is 53.1 Å². The predicted molar refractivity (Wildman–Crippen MR) is 155 cm³/mol. The van der Waals surface area contributed by atoms with Crippen molar-refractivity contribution in [3.8, 4) is 0 Å². The average Bonchev–Trinajstić information content (AvgIpc) is 3.57. The summed E-state index contributed by atoms with van der Waals surface area (Å²) in [4.78, 5) is 40.6. The van der Waals surface area contributed by atoms with E-state index in [1.54, 1.807) is 48.5 Å². The summed E-state index contributed by atoms with van der Waals surface area (Å²) in [6, 6.07) is -2.01. The van der Waals surface area contributed by atoms with Crippen LogP contribution in [-0.2, 0) is 52.2 Å². The minimum absolute atomic E-state index is 0.00948. The van der Waals surface area contributed by atoms with Crippen LogP contribution in [0.2, 0.25) is 0 Å². The molecule has 2 amide bonds. The quantitative estimate of drug-likeness (QED) is 0.296. The van der Waals surface area contributed by atoms with E-state index >= 15 is 0 Å². The number of carboxylic acid groups (broad SMARTS) is 1. The van der Waals surface area contributed by atoms with Crippen LogP contribution < -0.4 is 5.32 Å². The number of hydrogen-bond acceptors (Lipinski definition) is 12. The number of carbonyl (C=O) groups excluding carboxylic acids is 2. The zero-order chi connectivity index (χ0) is 33.5. The molecule has 4 heterocycles. The number of carboxylic acids is 1. The van der Waals surface area contributed by atoms with Crippen LogP contribution in [0.1, 0.15) is 61.3 Å². The summed E-state index contributed by atoms with van der Waals surface area (Å²) in [5, 5.41) is 12.5. The predicted octanol–water partition coefficient (Wildman–Crippen LogP) is 1.91. The van der Waals surface area contributed by atoms with E-state index in [4.69, 9.17) is 42.6 Å². The number of nitrogens with one attached hydrogen (secondary N) is 1. The number of nitrogens with zero attached hydrogens (tertiary/aromatic N) is 1. The highest BCUT2D eigenvalue weighted by atomic mass is 16.9. The van der Waals surface area contributed by atoms with Gasteiger partial charge in [0.2, 0.25) is 5.91 Å². The Labute approximate surface area is 263 Å². The van der Waals surface area contributed by atoms with Gasteiger partial charge in [0.15, 0.2) is 24.2 Å². The third-order valence-electron chi connectivity index (χ3n) is 7.86. The Morgan fingerprint density at radius 2 is 1.42 bits per heavy atom. The van der Waals surface area contributed by atoms with Crippen LogP contribution in [0.3, 0.4) is 0 Å². The maximum atomic E-state index is 13.8. The van der Waals surface area contributed by atoms with E-state index in [2.05, 4.69) is 11.9 Å². The molecule has 4 aliphatic heterocycles. The molecule has 0 radical (unpaired) electrons. The van der Waals surface area contributed by atoms with Crippen molar-refractivity contribution in [3.05, 3.63) is 12.7 Å². The lowest BCUT2D eigenvalue weighted by Gasteiger charge is -2.38. The summed E-state index contributed by atoms with van der Waals surface area (Å²) in [5.41, 5.74) is -0.842. The standard InChI is InChI=1S/C30H48N2O13/c1-11-12-32(27(36)45-28(2,3)4)16(20-22(38-10)24-26(40-20)44-30(7,8)42-24)14-17(33)31-15(13-18(34)35)19-21(37-9)23-25(39-19)43-29(5,6)41-23/h11,15-16,19-26H,1,12-14H2,2-10H3,(H,31,33)(H,34,35)/t15-,16-,19+,20+,21-,22-,23+,24+,25+,26+/m0/s1. The molecule has 10 atom stereocenters. The van der Waals surface area contributed by atoms with Crippen molar-refractivity contribution in [1.82, 2.24) is 10.2 Å². The van der Waals surface area contributed by atoms with Gasteiger partial charge in [0.05, 0.1) is 18.5 Å². The summed E-state index contributed by atoms with van der Waals surface area (Å²) in [5.74, 6) is -3.61. The van der Waals surface area contributed by atoms with Gasteiger partial charge in [-0.3, -0.25) is 14.5 Å². The van der Waals surface area contributed by atoms with Gasteiger partial charge >= 0.3 is 12.1 Å². The smallest absolute Gasteiger partial charge is 0.410 e. The lowest BCUT2D eigenvalue weighted by molar-refractivity contribution is -0.223. The van der Waals surface area contributed by atoms with E-state index < -0.39 is 103 Å². The van der Waals surface area contributed by atoms with Crippen molar-refractivity contribution in [2.24, 2.45) is 0 Å². The monoisotopic (exact) mass is 644 g/mol. The van der Waals surface area contributed by atoms with Crippen molar-refractivity contribution in [2.75, 3.05) is 20.8 Å². The molecule has 2 N–H and O–H groups in total. The van der Waals surface area contributed by atoms with Crippen LogP contribution in [0.25, 0.3) is 0 Å². The van der Waals surface area contributed by atoms with Crippen LogP contribution in [0, 0.1) is 0 Å².